The lowest BCUT2D eigenvalue weighted by Crippen LogP contribution is -2.46. The Labute approximate surface area is 163 Å². The molecule has 0 aliphatic heterocycles. The number of thioether (sulfide) groups is 1. The minimum Gasteiger partial charge on any atom is -0.457 e. The molecule has 1 rings (SSSR count). The molecular formula is C18H26N2O6S. The Kier molecular flexibility index (Phi) is 8.55. The number of nitrogens with one attached hydrogen (secondary N) is 1. The van der Waals surface area contributed by atoms with E-state index in [0.717, 1.165) is 5.75 Å². The van der Waals surface area contributed by atoms with Gasteiger partial charge in [-0.25, -0.2) is 9.59 Å². The van der Waals surface area contributed by atoms with Gasteiger partial charge in [-0.15, -0.1) is 0 Å². The van der Waals surface area contributed by atoms with Gasteiger partial charge in [-0.2, -0.15) is 11.8 Å². The summed E-state index contributed by atoms with van der Waals surface area (Å²) in [6.07, 6.45) is 1.35. The molecule has 0 aliphatic carbocycles. The largest absolute Gasteiger partial charge is 0.457 e. The highest BCUT2D eigenvalue weighted by molar-refractivity contribution is 7.98. The van der Waals surface area contributed by atoms with E-state index < -0.39 is 34.7 Å². The van der Waals surface area contributed by atoms with Crippen molar-refractivity contribution in [2.45, 2.75) is 51.9 Å². The number of esters is 1. The first-order chi connectivity index (χ1) is 12.5. The predicted octanol–water partition coefficient (Wildman–Crippen LogP) is 3.79. The fourth-order valence-electron chi connectivity index (χ4n) is 2.17. The van der Waals surface area contributed by atoms with Crippen LogP contribution in [0, 0.1) is 10.1 Å². The normalized spacial score (nSPS) is 13.4. The van der Waals surface area contributed by atoms with Crippen LogP contribution < -0.4 is 5.32 Å². The minimum atomic E-state index is -0.632. The van der Waals surface area contributed by atoms with Crippen molar-refractivity contribution in [3.05, 3.63) is 39.9 Å². The summed E-state index contributed by atoms with van der Waals surface area (Å²) in [6.45, 7) is 6.98. The third-order valence-electron chi connectivity index (χ3n) is 3.51. The van der Waals surface area contributed by atoms with Crippen LogP contribution in [0.15, 0.2) is 24.3 Å². The van der Waals surface area contributed by atoms with E-state index in [0.29, 0.717) is 6.42 Å². The summed E-state index contributed by atoms with van der Waals surface area (Å²) in [5.41, 5.74) is -0.537. The topological polar surface area (TPSA) is 108 Å². The summed E-state index contributed by atoms with van der Waals surface area (Å²) in [6, 6.07) is 4.74. The molecule has 8 nitrogen and oxygen atoms in total. The Morgan fingerprint density at radius 3 is 2.33 bits per heavy atom. The van der Waals surface area contributed by atoms with E-state index in [4.69, 9.17) is 9.47 Å². The van der Waals surface area contributed by atoms with Crippen LogP contribution in [0.4, 0.5) is 10.5 Å². The number of carbonyl (C=O) groups is 2. The number of nitrogens with zero attached hydrogens (tertiary/aromatic N) is 1. The molecule has 0 aromatic heterocycles. The van der Waals surface area contributed by atoms with Gasteiger partial charge in [-0.1, -0.05) is 0 Å². The maximum atomic E-state index is 12.3. The summed E-state index contributed by atoms with van der Waals surface area (Å²) in [7, 11) is 0. The van der Waals surface area contributed by atoms with Gasteiger partial charge in [-0.05, 0) is 58.3 Å². The molecule has 0 heterocycles. The SMILES string of the molecule is CSCCC(NC(=O)OC(C)(C)C)C(C)OC(=O)c1ccc([N+](=O)[O-])cc1. The Hall–Kier alpha value is -2.29. The Morgan fingerprint density at radius 1 is 1.26 bits per heavy atom. The highest BCUT2D eigenvalue weighted by Crippen LogP contribution is 2.16. The fraction of sp³-hybridized carbons (Fsp3) is 0.556. The standard InChI is InChI=1S/C18H26N2O6S/c1-12(15(10-11-27-5)19-17(22)26-18(2,3)4)25-16(21)13-6-8-14(9-7-13)20(23)24/h6-9,12,15H,10-11H2,1-5H3,(H,19,22). The van der Waals surface area contributed by atoms with E-state index >= 15 is 0 Å². The first-order valence-electron chi connectivity index (χ1n) is 8.47. The minimum absolute atomic E-state index is 0.107. The molecule has 2 unspecified atom stereocenters. The third kappa shape index (κ3) is 8.29. The van der Waals surface area contributed by atoms with E-state index in [9.17, 15) is 19.7 Å². The van der Waals surface area contributed by atoms with Crippen molar-refractivity contribution in [1.29, 1.82) is 0 Å². The molecule has 27 heavy (non-hydrogen) atoms. The summed E-state index contributed by atoms with van der Waals surface area (Å²) >= 11 is 1.61. The lowest BCUT2D eigenvalue weighted by atomic mass is 10.1. The smallest absolute Gasteiger partial charge is 0.408 e. The quantitative estimate of drug-likeness (QED) is 0.403. The zero-order chi connectivity index (χ0) is 20.6. The number of non-ortho nitro benzene ring substituents is 1. The van der Waals surface area contributed by atoms with Gasteiger partial charge in [0, 0.05) is 12.1 Å². The molecule has 0 radical (unpaired) electrons. The molecule has 0 saturated heterocycles. The molecule has 0 saturated carbocycles. The Balaban J connectivity index is 2.76. The van der Waals surface area contributed by atoms with Crippen molar-refractivity contribution in [2.75, 3.05) is 12.0 Å². The van der Waals surface area contributed by atoms with Crippen LogP contribution in [0.3, 0.4) is 0 Å². The number of alkyl carbamates (subject to hydrolysis) is 1. The Morgan fingerprint density at radius 2 is 1.85 bits per heavy atom. The number of ether oxygens (including phenoxy) is 2. The molecule has 0 fully saturated rings. The van der Waals surface area contributed by atoms with Gasteiger partial charge in [0.15, 0.2) is 0 Å². The first kappa shape index (κ1) is 22.8. The van der Waals surface area contributed by atoms with Crippen LogP contribution in [0.2, 0.25) is 0 Å². The molecule has 0 spiro atoms. The molecule has 0 bridgehead atoms. The molecular weight excluding hydrogens is 372 g/mol. The summed E-state index contributed by atoms with van der Waals surface area (Å²) < 4.78 is 10.7. The number of hydrogen-bond donors (Lipinski definition) is 1. The van der Waals surface area contributed by atoms with E-state index in [1.54, 1.807) is 39.5 Å². The van der Waals surface area contributed by atoms with Crippen LogP contribution >= 0.6 is 11.8 Å². The van der Waals surface area contributed by atoms with Crippen LogP contribution in [-0.2, 0) is 9.47 Å². The van der Waals surface area contributed by atoms with Gasteiger partial charge in [0.05, 0.1) is 16.5 Å². The van der Waals surface area contributed by atoms with Gasteiger partial charge in [0.25, 0.3) is 5.69 Å². The molecule has 1 aromatic carbocycles. The lowest BCUT2D eigenvalue weighted by molar-refractivity contribution is -0.384. The van der Waals surface area contributed by atoms with Crippen molar-refractivity contribution in [3.63, 3.8) is 0 Å². The maximum Gasteiger partial charge on any atom is 0.408 e. The van der Waals surface area contributed by atoms with Gasteiger partial charge in [-0.3, -0.25) is 10.1 Å². The maximum absolute atomic E-state index is 12.3. The molecule has 1 amide bonds. The van der Waals surface area contributed by atoms with Crippen LogP contribution in [-0.4, -0.2) is 46.7 Å². The van der Waals surface area contributed by atoms with Gasteiger partial charge < -0.3 is 14.8 Å². The van der Waals surface area contributed by atoms with E-state index in [1.165, 1.54) is 24.3 Å². The first-order valence-corrected chi connectivity index (χ1v) is 9.86. The summed E-state index contributed by atoms with van der Waals surface area (Å²) in [4.78, 5) is 34.5. The second kappa shape index (κ2) is 10.1. The molecule has 1 aromatic rings. The second-order valence-corrected chi connectivity index (χ2v) is 7.93. The molecule has 2 atom stereocenters. The van der Waals surface area contributed by atoms with Crippen molar-refractivity contribution < 1.29 is 24.0 Å². The predicted molar refractivity (Wildman–Crippen MR) is 104 cm³/mol. The van der Waals surface area contributed by atoms with Crippen molar-refractivity contribution in [3.8, 4) is 0 Å². The third-order valence-corrected chi connectivity index (χ3v) is 4.15. The molecule has 9 heteroatoms. The average molecular weight is 398 g/mol. The average Bonchev–Trinajstić information content (AvgIpc) is 2.56. The van der Waals surface area contributed by atoms with E-state index in [1.807, 2.05) is 6.26 Å². The van der Waals surface area contributed by atoms with E-state index in [-0.39, 0.29) is 11.3 Å². The molecule has 150 valence electrons. The Bertz CT molecular complexity index is 657. The number of carbonyl (C=O) groups excluding carboxylic acids is 2. The van der Waals surface area contributed by atoms with Gasteiger partial charge in [0.2, 0.25) is 0 Å². The fourth-order valence-corrected chi connectivity index (χ4v) is 2.66. The van der Waals surface area contributed by atoms with Crippen LogP contribution in [0.25, 0.3) is 0 Å². The van der Waals surface area contributed by atoms with Crippen LogP contribution in [0.1, 0.15) is 44.5 Å². The van der Waals surface area contributed by atoms with Crippen LogP contribution in [0.5, 0.6) is 0 Å². The number of nitro benzene ring substituents is 1. The van der Waals surface area contributed by atoms with E-state index in [2.05, 4.69) is 5.32 Å². The van der Waals surface area contributed by atoms with Gasteiger partial charge >= 0.3 is 12.1 Å². The highest BCUT2D eigenvalue weighted by Gasteiger charge is 2.26. The zero-order valence-corrected chi connectivity index (χ0v) is 17.0. The number of amides is 1. The monoisotopic (exact) mass is 398 g/mol. The van der Waals surface area contributed by atoms with Crippen molar-refractivity contribution >= 4 is 29.5 Å². The summed E-state index contributed by atoms with van der Waals surface area (Å²) in [5.74, 6) is 0.150. The summed E-state index contributed by atoms with van der Waals surface area (Å²) in [5, 5.41) is 13.4. The zero-order valence-electron chi connectivity index (χ0n) is 16.2. The molecule has 1 N–H and O–H groups in total. The number of rotatable bonds is 8. The second-order valence-electron chi connectivity index (χ2n) is 6.95. The van der Waals surface area contributed by atoms with Crippen molar-refractivity contribution in [1.82, 2.24) is 5.32 Å². The number of nitro groups is 1. The number of benzene rings is 1. The number of hydrogen-bond acceptors (Lipinski definition) is 7. The molecule has 0 aliphatic rings. The lowest BCUT2D eigenvalue weighted by Gasteiger charge is -2.27. The van der Waals surface area contributed by atoms with Gasteiger partial charge in [0.1, 0.15) is 11.7 Å². The highest BCUT2D eigenvalue weighted by atomic mass is 32.2. The van der Waals surface area contributed by atoms with Crippen molar-refractivity contribution in [2.24, 2.45) is 0 Å².